The molecule has 0 saturated heterocycles. The Balaban J connectivity index is 2.23. The number of imidazole rings is 1. The molecule has 4 heteroatoms. The first kappa shape index (κ1) is 9.16. The van der Waals surface area contributed by atoms with E-state index >= 15 is 0 Å². The van der Waals surface area contributed by atoms with Crippen LogP contribution in [-0.4, -0.2) is 14.5 Å². The maximum Gasteiger partial charge on any atom is 0.156 e. The van der Waals surface area contributed by atoms with Crippen molar-refractivity contribution in [2.45, 2.75) is 25.2 Å². The Bertz CT molecular complexity index is 514. The molecule has 0 N–H and O–H groups in total. The molecule has 2 aromatic heterocycles. The minimum absolute atomic E-state index is 0.508. The fraction of sp³-hybridized carbons (Fsp3) is 0.455. The smallest absolute Gasteiger partial charge is 0.156 e. The highest BCUT2D eigenvalue weighted by Crippen LogP contribution is 2.37. The van der Waals surface area contributed by atoms with Crippen LogP contribution < -0.4 is 0 Å². The molecule has 1 saturated carbocycles. The van der Waals surface area contributed by atoms with Gasteiger partial charge in [0.2, 0.25) is 0 Å². The Morgan fingerprint density at radius 1 is 1.47 bits per heavy atom. The van der Waals surface area contributed by atoms with Gasteiger partial charge in [-0.2, -0.15) is 0 Å². The van der Waals surface area contributed by atoms with Crippen molar-refractivity contribution >= 4 is 22.6 Å². The highest BCUT2D eigenvalue weighted by molar-refractivity contribution is 6.33. The fourth-order valence-electron chi connectivity index (χ4n) is 2.14. The quantitative estimate of drug-likeness (QED) is 0.694. The molecule has 3 rings (SSSR count). The normalized spacial score (nSPS) is 16.9. The summed E-state index contributed by atoms with van der Waals surface area (Å²) in [5.41, 5.74) is 1.92. The van der Waals surface area contributed by atoms with E-state index in [0.717, 1.165) is 16.9 Å². The van der Waals surface area contributed by atoms with Gasteiger partial charge in [0.05, 0.1) is 5.52 Å². The molecule has 3 nitrogen and oxygen atoms in total. The van der Waals surface area contributed by atoms with Crippen molar-refractivity contribution in [3.8, 4) is 0 Å². The molecule has 0 spiro atoms. The summed E-state index contributed by atoms with van der Waals surface area (Å²) in [5, 5.41) is 0.508. The van der Waals surface area contributed by atoms with Crippen LogP contribution >= 0.6 is 11.6 Å². The van der Waals surface area contributed by atoms with Gasteiger partial charge in [0.25, 0.3) is 0 Å². The zero-order valence-corrected chi connectivity index (χ0v) is 9.33. The summed E-state index contributed by atoms with van der Waals surface area (Å²) < 4.78 is 2.15. The largest absolute Gasteiger partial charge is 0.331 e. The molecule has 1 aliphatic rings. The molecular formula is C11H12ClN3. The Morgan fingerprint density at radius 2 is 2.27 bits per heavy atom. The van der Waals surface area contributed by atoms with Crippen LogP contribution in [0.4, 0.5) is 0 Å². The predicted octanol–water partition coefficient (Wildman–Crippen LogP) is 2.89. The van der Waals surface area contributed by atoms with Gasteiger partial charge in [-0.3, -0.25) is 0 Å². The summed E-state index contributed by atoms with van der Waals surface area (Å²) >= 11 is 6.02. The zero-order valence-electron chi connectivity index (χ0n) is 8.57. The van der Waals surface area contributed by atoms with Gasteiger partial charge >= 0.3 is 0 Å². The van der Waals surface area contributed by atoms with Crippen molar-refractivity contribution in [3.05, 3.63) is 23.2 Å². The summed E-state index contributed by atoms with van der Waals surface area (Å²) in [5.74, 6) is 1.78. The van der Waals surface area contributed by atoms with Gasteiger partial charge in [-0.1, -0.05) is 18.0 Å². The predicted molar refractivity (Wildman–Crippen MR) is 60.1 cm³/mol. The van der Waals surface area contributed by atoms with E-state index in [1.54, 1.807) is 6.20 Å². The summed E-state index contributed by atoms with van der Waals surface area (Å²) in [4.78, 5) is 8.66. The van der Waals surface area contributed by atoms with Crippen molar-refractivity contribution < 1.29 is 0 Å². The van der Waals surface area contributed by atoms with Gasteiger partial charge in [0.15, 0.2) is 5.15 Å². The number of hydrogen-bond donors (Lipinski definition) is 0. The molecule has 2 heterocycles. The van der Waals surface area contributed by atoms with Crippen LogP contribution in [0.1, 0.15) is 31.0 Å². The van der Waals surface area contributed by atoms with Crippen LogP contribution in [0.5, 0.6) is 0 Å². The Morgan fingerprint density at radius 3 is 2.87 bits per heavy atom. The van der Waals surface area contributed by atoms with Gasteiger partial charge in [0.1, 0.15) is 11.3 Å². The number of nitrogens with zero attached hydrogens (tertiary/aromatic N) is 3. The zero-order chi connectivity index (χ0) is 10.4. The second kappa shape index (κ2) is 3.20. The highest BCUT2D eigenvalue weighted by Gasteiger charge is 2.25. The summed E-state index contributed by atoms with van der Waals surface area (Å²) in [6, 6.07) is 1.97. The number of pyridine rings is 1. The van der Waals surface area contributed by atoms with E-state index in [0.29, 0.717) is 11.1 Å². The summed E-state index contributed by atoms with van der Waals surface area (Å²) in [6.45, 7) is 0. The number of rotatable bonds is 1. The van der Waals surface area contributed by atoms with E-state index in [9.17, 15) is 0 Å². The third-order valence-corrected chi connectivity index (χ3v) is 3.54. The average molecular weight is 222 g/mol. The SMILES string of the molecule is Cn1c(C2CCC2)nc2c(Cl)nccc21. The van der Waals surface area contributed by atoms with E-state index in [-0.39, 0.29) is 0 Å². The van der Waals surface area contributed by atoms with E-state index in [1.807, 2.05) is 6.07 Å². The Kier molecular flexibility index (Phi) is 1.96. The molecule has 1 fully saturated rings. The third-order valence-electron chi connectivity index (χ3n) is 3.26. The van der Waals surface area contributed by atoms with Crippen molar-refractivity contribution in [2.24, 2.45) is 7.05 Å². The molecule has 0 bridgehead atoms. The number of halogens is 1. The van der Waals surface area contributed by atoms with Crippen molar-refractivity contribution in [1.82, 2.24) is 14.5 Å². The maximum absolute atomic E-state index is 6.02. The third kappa shape index (κ3) is 1.26. The first-order valence-electron chi connectivity index (χ1n) is 5.24. The molecule has 0 atom stereocenters. The number of aryl methyl sites for hydroxylation is 1. The molecule has 1 aliphatic carbocycles. The van der Waals surface area contributed by atoms with E-state index < -0.39 is 0 Å². The van der Waals surface area contributed by atoms with Crippen molar-refractivity contribution in [3.63, 3.8) is 0 Å². The molecular weight excluding hydrogens is 210 g/mol. The van der Waals surface area contributed by atoms with E-state index in [1.165, 1.54) is 19.3 Å². The lowest BCUT2D eigenvalue weighted by Crippen LogP contribution is -2.13. The van der Waals surface area contributed by atoms with E-state index in [2.05, 4.69) is 21.6 Å². The highest BCUT2D eigenvalue weighted by atomic mass is 35.5. The van der Waals surface area contributed by atoms with Crippen LogP contribution in [0.3, 0.4) is 0 Å². The lowest BCUT2D eigenvalue weighted by molar-refractivity contribution is 0.395. The summed E-state index contributed by atoms with van der Waals surface area (Å²) in [6.07, 6.45) is 5.56. The molecule has 0 aliphatic heterocycles. The fourth-order valence-corrected chi connectivity index (χ4v) is 2.33. The van der Waals surface area contributed by atoms with Crippen molar-refractivity contribution in [2.75, 3.05) is 0 Å². The van der Waals surface area contributed by atoms with Gasteiger partial charge in [-0.05, 0) is 18.9 Å². The number of fused-ring (bicyclic) bond motifs is 1. The minimum Gasteiger partial charge on any atom is -0.331 e. The summed E-state index contributed by atoms with van der Waals surface area (Å²) in [7, 11) is 2.05. The topological polar surface area (TPSA) is 30.7 Å². The van der Waals surface area contributed by atoms with Crippen LogP contribution in [-0.2, 0) is 7.05 Å². The minimum atomic E-state index is 0.508. The van der Waals surface area contributed by atoms with Gasteiger partial charge in [-0.15, -0.1) is 0 Å². The van der Waals surface area contributed by atoms with Gasteiger partial charge in [-0.25, -0.2) is 9.97 Å². The molecule has 0 radical (unpaired) electrons. The van der Waals surface area contributed by atoms with Crippen LogP contribution in [0, 0.1) is 0 Å². The Labute approximate surface area is 93.1 Å². The molecule has 15 heavy (non-hydrogen) atoms. The lowest BCUT2D eigenvalue weighted by atomic mass is 9.85. The Hall–Kier alpha value is -1.09. The second-order valence-electron chi connectivity index (χ2n) is 4.13. The molecule has 2 aromatic rings. The van der Waals surface area contributed by atoms with Crippen molar-refractivity contribution in [1.29, 1.82) is 0 Å². The van der Waals surface area contributed by atoms with Crippen LogP contribution in [0.15, 0.2) is 12.3 Å². The molecule has 0 amide bonds. The molecule has 0 unspecified atom stereocenters. The van der Waals surface area contributed by atoms with Crippen LogP contribution in [0.2, 0.25) is 5.15 Å². The molecule has 78 valence electrons. The van der Waals surface area contributed by atoms with Gasteiger partial charge in [0, 0.05) is 19.2 Å². The average Bonchev–Trinajstić information content (AvgIpc) is 2.45. The first-order chi connectivity index (χ1) is 7.27. The maximum atomic E-state index is 6.02. The first-order valence-corrected chi connectivity index (χ1v) is 5.62. The number of hydrogen-bond acceptors (Lipinski definition) is 2. The standard InChI is InChI=1S/C11H12ClN3/c1-15-8-5-6-13-10(12)9(8)14-11(15)7-3-2-4-7/h5-7H,2-4H2,1H3. The second-order valence-corrected chi connectivity index (χ2v) is 4.48. The monoisotopic (exact) mass is 221 g/mol. The van der Waals surface area contributed by atoms with E-state index in [4.69, 9.17) is 11.6 Å². The lowest BCUT2D eigenvalue weighted by Gasteiger charge is -2.24. The van der Waals surface area contributed by atoms with Gasteiger partial charge < -0.3 is 4.57 Å². The van der Waals surface area contributed by atoms with Crippen LogP contribution in [0.25, 0.3) is 11.0 Å². The molecule has 0 aromatic carbocycles. The number of aromatic nitrogens is 3.